The fraction of sp³-hybridized carbons (Fsp3) is 0.538. The van der Waals surface area contributed by atoms with E-state index in [1.165, 1.54) is 36.8 Å². The lowest BCUT2D eigenvalue weighted by Gasteiger charge is -2.17. The van der Waals surface area contributed by atoms with Gasteiger partial charge in [-0.2, -0.15) is 0 Å². The van der Waals surface area contributed by atoms with E-state index >= 15 is 0 Å². The van der Waals surface area contributed by atoms with Crippen molar-refractivity contribution in [2.24, 2.45) is 5.73 Å². The zero-order chi connectivity index (χ0) is 9.97. The normalized spacial score (nSPS) is 19.9. The van der Waals surface area contributed by atoms with Gasteiger partial charge < -0.3 is 5.73 Å². The van der Waals surface area contributed by atoms with Gasteiger partial charge >= 0.3 is 0 Å². The summed E-state index contributed by atoms with van der Waals surface area (Å²) >= 11 is 0. The maximum absolute atomic E-state index is 5.98. The number of hydrogen-bond acceptors (Lipinski definition) is 1. The molecule has 1 aliphatic rings. The van der Waals surface area contributed by atoms with E-state index in [4.69, 9.17) is 5.73 Å². The molecule has 0 radical (unpaired) electrons. The third kappa shape index (κ3) is 1.83. The van der Waals surface area contributed by atoms with Crippen LogP contribution in [0.5, 0.6) is 0 Å². The molecule has 1 aliphatic carbocycles. The van der Waals surface area contributed by atoms with Gasteiger partial charge in [-0.15, -0.1) is 0 Å². The number of benzene rings is 1. The van der Waals surface area contributed by atoms with E-state index in [9.17, 15) is 0 Å². The lowest BCUT2D eigenvalue weighted by atomic mass is 9.90. The molecule has 1 nitrogen and oxygen atoms in total. The molecule has 1 aromatic carbocycles. The van der Waals surface area contributed by atoms with Crippen LogP contribution in [-0.2, 0) is 0 Å². The van der Waals surface area contributed by atoms with E-state index < -0.39 is 0 Å². The first-order valence-electron chi connectivity index (χ1n) is 5.63. The zero-order valence-electron chi connectivity index (χ0n) is 8.87. The average molecular weight is 189 g/mol. The van der Waals surface area contributed by atoms with Gasteiger partial charge in [0.05, 0.1) is 0 Å². The minimum absolute atomic E-state index is 0.173. The summed E-state index contributed by atoms with van der Waals surface area (Å²) in [6, 6.07) is 8.84. The van der Waals surface area contributed by atoms with Crippen LogP contribution in [0.1, 0.15) is 55.7 Å². The van der Waals surface area contributed by atoms with Crippen molar-refractivity contribution >= 4 is 0 Å². The Bertz CT molecular complexity index is 298. The molecule has 0 amide bonds. The van der Waals surface area contributed by atoms with Gasteiger partial charge in [0.15, 0.2) is 0 Å². The first-order chi connectivity index (χ1) is 6.79. The zero-order valence-corrected chi connectivity index (χ0v) is 8.87. The molecule has 14 heavy (non-hydrogen) atoms. The van der Waals surface area contributed by atoms with Crippen molar-refractivity contribution in [3.8, 4) is 0 Å². The molecule has 0 aliphatic heterocycles. The summed E-state index contributed by atoms with van der Waals surface area (Å²) in [7, 11) is 0. The van der Waals surface area contributed by atoms with Gasteiger partial charge in [0.25, 0.3) is 0 Å². The summed E-state index contributed by atoms with van der Waals surface area (Å²) in [6.07, 6.45) is 5.48. The Morgan fingerprint density at radius 2 is 1.86 bits per heavy atom. The van der Waals surface area contributed by atoms with Gasteiger partial charge in [-0.1, -0.05) is 37.1 Å². The van der Waals surface area contributed by atoms with Crippen LogP contribution in [-0.4, -0.2) is 0 Å². The predicted molar refractivity (Wildman–Crippen MR) is 60.3 cm³/mol. The van der Waals surface area contributed by atoms with E-state index in [1.807, 2.05) is 0 Å². The molecule has 1 unspecified atom stereocenters. The van der Waals surface area contributed by atoms with Crippen molar-refractivity contribution in [3.05, 3.63) is 35.4 Å². The van der Waals surface area contributed by atoms with E-state index in [1.54, 1.807) is 0 Å². The number of nitrogens with two attached hydrogens (primary N) is 1. The molecule has 1 atom stereocenters. The van der Waals surface area contributed by atoms with E-state index in [0.29, 0.717) is 0 Å². The van der Waals surface area contributed by atoms with Crippen molar-refractivity contribution in [1.29, 1.82) is 0 Å². The molecule has 0 spiro atoms. The van der Waals surface area contributed by atoms with Gasteiger partial charge in [0.1, 0.15) is 0 Å². The highest BCUT2D eigenvalue weighted by Crippen LogP contribution is 2.36. The Labute approximate surface area is 86.3 Å². The standard InChI is InChI=1S/C13H19N/c1-10(14)12-8-4-5-9-13(12)11-6-2-3-7-11/h4-5,8-11H,2-3,6-7,14H2,1H3. The SMILES string of the molecule is CC(N)c1ccccc1C1CCCC1. The smallest absolute Gasteiger partial charge is 0.0268 e. The molecule has 0 bridgehead atoms. The van der Waals surface area contributed by atoms with Crippen LogP contribution in [0.4, 0.5) is 0 Å². The van der Waals surface area contributed by atoms with Crippen LogP contribution in [0.15, 0.2) is 24.3 Å². The summed E-state index contributed by atoms with van der Waals surface area (Å²) in [4.78, 5) is 0. The monoisotopic (exact) mass is 189 g/mol. The molecule has 0 saturated heterocycles. The fourth-order valence-electron chi connectivity index (χ4n) is 2.53. The van der Waals surface area contributed by atoms with Crippen molar-refractivity contribution in [2.75, 3.05) is 0 Å². The van der Waals surface area contributed by atoms with Crippen LogP contribution in [0, 0.1) is 0 Å². The predicted octanol–water partition coefficient (Wildman–Crippen LogP) is 3.36. The van der Waals surface area contributed by atoms with Crippen LogP contribution in [0.3, 0.4) is 0 Å². The molecule has 0 heterocycles. The third-order valence-electron chi connectivity index (χ3n) is 3.28. The lowest BCUT2D eigenvalue weighted by molar-refractivity contribution is 0.691. The highest BCUT2D eigenvalue weighted by Gasteiger charge is 2.20. The molecule has 0 aromatic heterocycles. The van der Waals surface area contributed by atoms with Gasteiger partial charge in [-0.3, -0.25) is 0 Å². The van der Waals surface area contributed by atoms with Crippen LogP contribution in [0.2, 0.25) is 0 Å². The summed E-state index contributed by atoms with van der Waals surface area (Å²) in [5.41, 5.74) is 8.83. The highest BCUT2D eigenvalue weighted by molar-refractivity contribution is 5.33. The Kier molecular flexibility index (Phi) is 2.87. The van der Waals surface area contributed by atoms with Crippen molar-refractivity contribution < 1.29 is 0 Å². The second kappa shape index (κ2) is 4.14. The second-order valence-corrected chi connectivity index (χ2v) is 4.40. The Morgan fingerprint density at radius 1 is 1.21 bits per heavy atom. The summed E-state index contributed by atoms with van der Waals surface area (Å²) in [5, 5.41) is 0. The summed E-state index contributed by atoms with van der Waals surface area (Å²) in [6.45, 7) is 2.08. The van der Waals surface area contributed by atoms with Crippen molar-refractivity contribution in [3.63, 3.8) is 0 Å². The molecule has 1 fully saturated rings. The molecule has 2 N–H and O–H groups in total. The van der Waals surface area contributed by atoms with Crippen LogP contribution >= 0.6 is 0 Å². The van der Waals surface area contributed by atoms with E-state index in [0.717, 1.165) is 5.92 Å². The topological polar surface area (TPSA) is 26.0 Å². The van der Waals surface area contributed by atoms with E-state index in [-0.39, 0.29) is 6.04 Å². The molecule has 76 valence electrons. The first-order valence-corrected chi connectivity index (χ1v) is 5.63. The van der Waals surface area contributed by atoms with Crippen molar-refractivity contribution in [2.45, 2.75) is 44.6 Å². The maximum atomic E-state index is 5.98. The second-order valence-electron chi connectivity index (χ2n) is 4.40. The van der Waals surface area contributed by atoms with Gasteiger partial charge in [-0.05, 0) is 36.8 Å². The number of rotatable bonds is 2. The minimum atomic E-state index is 0.173. The van der Waals surface area contributed by atoms with E-state index in [2.05, 4.69) is 31.2 Å². The van der Waals surface area contributed by atoms with Crippen LogP contribution < -0.4 is 5.73 Å². The van der Waals surface area contributed by atoms with Gasteiger partial charge in [-0.25, -0.2) is 0 Å². The minimum Gasteiger partial charge on any atom is -0.324 e. The Morgan fingerprint density at radius 3 is 2.50 bits per heavy atom. The lowest BCUT2D eigenvalue weighted by Crippen LogP contribution is -2.09. The molecule has 1 aromatic rings. The molecular weight excluding hydrogens is 170 g/mol. The largest absolute Gasteiger partial charge is 0.324 e. The number of hydrogen-bond donors (Lipinski definition) is 1. The van der Waals surface area contributed by atoms with Gasteiger partial charge in [0, 0.05) is 6.04 Å². The molecular formula is C13H19N. The quantitative estimate of drug-likeness (QED) is 0.758. The molecule has 1 saturated carbocycles. The van der Waals surface area contributed by atoms with Crippen LogP contribution in [0.25, 0.3) is 0 Å². The van der Waals surface area contributed by atoms with Crippen molar-refractivity contribution in [1.82, 2.24) is 0 Å². The fourth-order valence-corrected chi connectivity index (χ4v) is 2.53. The maximum Gasteiger partial charge on any atom is 0.0268 e. The Hall–Kier alpha value is -0.820. The Balaban J connectivity index is 2.30. The third-order valence-corrected chi connectivity index (χ3v) is 3.28. The summed E-state index contributed by atoms with van der Waals surface area (Å²) in [5.74, 6) is 0.775. The first kappa shape index (κ1) is 9.72. The average Bonchev–Trinajstić information content (AvgIpc) is 2.70. The molecule has 1 heteroatoms. The molecule has 2 rings (SSSR count). The van der Waals surface area contributed by atoms with Gasteiger partial charge in [0.2, 0.25) is 0 Å². The highest BCUT2D eigenvalue weighted by atomic mass is 14.6. The summed E-state index contributed by atoms with van der Waals surface area (Å²) < 4.78 is 0.